The fraction of sp³-hybridized carbons (Fsp3) is 0.0667. The zero-order chi connectivity index (χ0) is 15.2. The largest absolute Gasteiger partial charge is 0.416 e. The monoisotopic (exact) mass is 328 g/mol. The number of benzene rings is 2. The van der Waals surface area contributed by atoms with Gasteiger partial charge in [-0.2, -0.15) is 13.2 Å². The molecule has 21 heavy (non-hydrogen) atoms. The lowest BCUT2D eigenvalue weighted by molar-refractivity contribution is -0.137. The predicted molar refractivity (Wildman–Crippen MR) is 77.1 cm³/mol. The average Bonchev–Trinajstić information content (AvgIpc) is 2.81. The number of hydrogen-bond donors (Lipinski definition) is 0. The molecule has 0 saturated carbocycles. The van der Waals surface area contributed by atoms with Gasteiger partial charge in [0.15, 0.2) is 0 Å². The van der Waals surface area contributed by atoms with Crippen molar-refractivity contribution in [3.8, 4) is 5.69 Å². The van der Waals surface area contributed by atoms with Crippen LogP contribution in [0.3, 0.4) is 0 Å². The Morgan fingerprint density at radius 1 is 1.00 bits per heavy atom. The fourth-order valence-corrected chi connectivity index (χ4v) is 2.82. The van der Waals surface area contributed by atoms with Crippen LogP contribution >= 0.6 is 23.2 Å². The Kier molecular flexibility index (Phi) is 3.38. The van der Waals surface area contributed by atoms with Gasteiger partial charge in [0.1, 0.15) is 0 Å². The molecule has 6 heteroatoms. The van der Waals surface area contributed by atoms with Crippen molar-refractivity contribution < 1.29 is 13.2 Å². The lowest BCUT2D eigenvalue weighted by atomic mass is 10.2. The van der Waals surface area contributed by atoms with E-state index in [1.165, 1.54) is 0 Å². The van der Waals surface area contributed by atoms with Crippen LogP contribution in [0, 0.1) is 6.07 Å². The summed E-state index contributed by atoms with van der Waals surface area (Å²) in [5, 5.41) is 0.693. The van der Waals surface area contributed by atoms with E-state index in [2.05, 4.69) is 6.07 Å². The third-order valence-corrected chi connectivity index (χ3v) is 3.67. The third kappa shape index (κ3) is 2.49. The van der Waals surface area contributed by atoms with E-state index in [-0.39, 0.29) is 10.0 Å². The minimum Gasteiger partial charge on any atom is -0.313 e. The zero-order valence-corrected chi connectivity index (χ0v) is 11.9. The first-order chi connectivity index (χ1) is 9.88. The molecule has 1 radical (unpaired) electrons. The number of aromatic nitrogens is 1. The van der Waals surface area contributed by atoms with Gasteiger partial charge in [0.05, 0.1) is 26.8 Å². The Bertz CT molecular complexity index is 798. The number of rotatable bonds is 1. The smallest absolute Gasteiger partial charge is 0.313 e. The van der Waals surface area contributed by atoms with E-state index in [0.717, 1.165) is 23.0 Å². The standard InChI is InChI=1S/C15H7Cl2F3N/c16-11-7-10(15(18,19)20)8-12(17)14(11)21-6-5-9-3-1-2-4-13(9)21/h1-4,6-8H. The van der Waals surface area contributed by atoms with E-state index < -0.39 is 11.7 Å². The van der Waals surface area contributed by atoms with Crippen molar-refractivity contribution in [1.82, 2.24) is 4.57 Å². The average molecular weight is 329 g/mol. The summed E-state index contributed by atoms with van der Waals surface area (Å²) < 4.78 is 39.9. The quantitative estimate of drug-likeness (QED) is 0.535. The van der Waals surface area contributed by atoms with E-state index in [0.29, 0.717) is 5.69 Å². The molecule has 3 rings (SSSR count). The molecule has 0 aliphatic carbocycles. The van der Waals surface area contributed by atoms with E-state index in [9.17, 15) is 13.2 Å². The minimum absolute atomic E-state index is 0.0652. The third-order valence-electron chi connectivity index (χ3n) is 3.10. The van der Waals surface area contributed by atoms with Crippen LogP contribution in [0.4, 0.5) is 13.2 Å². The van der Waals surface area contributed by atoms with E-state index >= 15 is 0 Å². The van der Waals surface area contributed by atoms with Crippen molar-refractivity contribution in [1.29, 1.82) is 0 Å². The Morgan fingerprint density at radius 2 is 1.62 bits per heavy atom. The lowest BCUT2D eigenvalue weighted by Crippen LogP contribution is -2.06. The van der Waals surface area contributed by atoms with Crippen molar-refractivity contribution in [3.63, 3.8) is 0 Å². The second-order valence-electron chi connectivity index (χ2n) is 4.45. The second-order valence-corrected chi connectivity index (χ2v) is 5.26. The maximum atomic E-state index is 12.7. The molecule has 0 spiro atoms. The Labute approximate surface area is 128 Å². The number of hydrogen-bond acceptors (Lipinski definition) is 0. The predicted octanol–water partition coefficient (Wildman–Crippen LogP) is 5.76. The van der Waals surface area contributed by atoms with Gasteiger partial charge in [-0.05, 0) is 18.2 Å². The van der Waals surface area contributed by atoms with Crippen LogP contribution in [0.2, 0.25) is 10.0 Å². The second kappa shape index (κ2) is 4.97. The van der Waals surface area contributed by atoms with E-state index in [1.54, 1.807) is 10.8 Å². The molecule has 0 saturated heterocycles. The highest BCUT2D eigenvalue weighted by atomic mass is 35.5. The van der Waals surface area contributed by atoms with Crippen LogP contribution in [-0.4, -0.2) is 4.57 Å². The Morgan fingerprint density at radius 3 is 2.24 bits per heavy atom. The van der Waals surface area contributed by atoms with Crippen LogP contribution in [0.25, 0.3) is 16.6 Å². The van der Waals surface area contributed by atoms with Crippen molar-refractivity contribution in [3.05, 3.63) is 64.3 Å². The molecule has 0 amide bonds. The van der Waals surface area contributed by atoms with E-state index in [1.807, 2.05) is 24.3 Å². The maximum Gasteiger partial charge on any atom is 0.416 e. The van der Waals surface area contributed by atoms with Crippen molar-refractivity contribution >= 4 is 34.1 Å². The van der Waals surface area contributed by atoms with Gasteiger partial charge in [-0.3, -0.25) is 0 Å². The molecule has 0 fully saturated rings. The van der Waals surface area contributed by atoms with E-state index in [4.69, 9.17) is 23.2 Å². The van der Waals surface area contributed by atoms with Gasteiger partial charge < -0.3 is 4.57 Å². The number of alkyl halides is 3. The maximum absolute atomic E-state index is 12.7. The fourth-order valence-electron chi connectivity index (χ4n) is 2.15. The molecule has 2 aromatic carbocycles. The topological polar surface area (TPSA) is 4.93 Å². The lowest BCUT2D eigenvalue weighted by Gasteiger charge is -2.14. The molecular weight excluding hydrogens is 322 g/mol. The van der Waals surface area contributed by atoms with Crippen LogP contribution < -0.4 is 0 Å². The Hall–Kier alpha value is -1.65. The van der Waals surface area contributed by atoms with Crippen LogP contribution in [0.5, 0.6) is 0 Å². The van der Waals surface area contributed by atoms with Gasteiger partial charge in [-0.25, -0.2) is 0 Å². The molecule has 0 aliphatic rings. The summed E-state index contributed by atoms with van der Waals surface area (Å²) in [5.74, 6) is 0. The summed E-state index contributed by atoms with van der Waals surface area (Å²) >= 11 is 12.0. The molecule has 0 bridgehead atoms. The van der Waals surface area contributed by atoms with Crippen LogP contribution in [0.15, 0.2) is 42.6 Å². The number of para-hydroxylation sites is 1. The van der Waals surface area contributed by atoms with Gasteiger partial charge in [-0.15, -0.1) is 0 Å². The number of halogens is 5. The first kappa shape index (κ1) is 14.3. The van der Waals surface area contributed by atoms with Crippen LogP contribution in [0.1, 0.15) is 5.56 Å². The molecule has 1 nitrogen and oxygen atoms in total. The van der Waals surface area contributed by atoms with Crippen molar-refractivity contribution in [2.45, 2.75) is 6.18 Å². The van der Waals surface area contributed by atoms with Gasteiger partial charge in [-0.1, -0.05) is 41.4 Å². The molecule has 1 aromatic heterocycles. The first-order valence-electron chi connectivity index (χ1n) is 5.92. The molecule has 0 unspecified atom stereocenters. The molecule has 0 N–H and O–H groups in total. The summed E-state index contributed by atoms with van der Waals surface area (Å²) in [4.78, 5) is 0. The molecular formula is C15H7Cl2F3N. The minimum atomic E-state index is -4.49. The summed E-state index contributed by atoms with van der Waals surface area (Å²) in [6, 6.07) is 12.1. The van der Waals surface area contributed by atoms with Gasteiger partial charge in [0.2, 0.25) is 0 Å². The molecule has 0 atom stereocenters. The van der Waals surface area contributed by atoms with Crippen molar-refractivity contribution in [2.24, 2.45) is 0 Å². The summed E-state index contributed by atoms with van der Waals surface area (Å²) in [7, 11) is 0. The SMILES string of the molecule is FC(F)(F)c1cc(Cl)c(-n2c[c]c3ccccc32)c(Cl)c1. The molecule has 3 aromatic rings. The highest BCUT2D eigenvalue weighted by molar-refractivity contribution is 6.38. The summed E-state index contributed by atoms with van der Waals surface area (Å²) in [6.45, 7) is 0. The number of fused-ring (bicyclic) bond motifs is 1. The normalized spacial score (nSPS) is 12.0. The number of nitrogens with zero attached hydrogens (tertiary/aromatic N) is 1. The van der Waals surface area contributed by atoms with Crippen LogP contribution in [-0.2, 0) is 6.18 Å². The van der Waals surface area contributed by atoms with Gasteiger partial charge >= 0.3 is 6.18 Å². The zero-order valence-electron chi connectivity index (χ0n) is 10.4. The molecule has 1 heterocycles. The van der Waals surface area contributed by atoms with Gasteiger partial charge in [0, 0.05) is 17.6 Å². The highest BCUT2D eigenvalue weighted by Gasteiger charge is 2.32. The highest BCUT2D eigenvalue weighted by Crippen LogP contribution is 2.38. The first-order valence-corrected chi connectivity index (χ1v) is 6.68. The Balaban J connectivity index is 2.24. The summed E-state index contributed by atoms with van der Waals surface area (Å²) in [5.41, 5.74) is 0.200. The molecule has 0 aliphatic heterocycles. The van der Waals surface area contributed by atoms with Gasteiger partial charge in [0.25, 0.3) is 0 Å². The summed E-state index contributed by atoms with van der Waals surface area (Å²) in [6.07, 6.45) is -2.89. The molecule has 107 valence electrons. The van der Waals surface area contributed by atoms with Crippen molar-refractivity contribution in [2.75, 3.05) is 0 Å².